The van der Waals surface area contributed by atoms with Crippen molar-refractivity contribution in [2.75, 3.05) is 13.1 Å². The first kappa shape index (κ1) is 8.05. The number of fused-ring (bicyclic) bond motifs is 2. The van der Waals surface area contributed by atoms with E-state index in [4.69, 9.17) is 5.11 Å². The van der Waals surface area contributed by atoms with Gasteiger partial charge in [-0.1, -0.05) is 6.92 Å². The summed E-state index contributed by atoms with van der Waals surface area (Å²) in [6, 6.07) is 0.537. The highest BCUT2D eigenvalue weighted by Gasteiger charge is 2.53. The van der Waals surface area contributed by atoms with Crippen LogP contribution in [-0.2, 0) is 4.79 Å². The third kappa shape index (κ3) is 0.891. The normalized spacial score (nSPS) is 45.1. The summed E-state index contributed by atoms with van der Waals surface area (Å²) in [4.78, 5) is 13.3. The summed E-state index contributed by atoms with van der Waals surface area (Å²) in [5, 5.41) is 9.08. The van der Waals surface area contributed by atoms with Crippen molar-refractivity contribution in [2.24, 2.45) is 5.41 Å². The number of carbonyl (C=O) groups is 1. The molecular formula is C9H15NO2. The van der Waals surface area contributed by atoms with E-state index in [2.05, 4.69) is 11.8 Å². The molecule has 0 spiro atoms. The van der Waals surface area contributed by atoms with Gasteiger partial charge in [-0.2, -0.15) is 0 Å². The molecule has 0 amide bonds. The van der Waals surface area contributed by atoms with Crippen LogP contribution < -0.4 is 0 Å². The van der Waals surface area contributed by atoms with Crippen molar-refractivity contribution in [2.45, 2.75) is 32.2 Å². The Kier molecular flexibility index (Phi) is 1.65. The van der Waals surface area contributed by atoms with Crippen LogP contribution in [0.4, 0.5) is 0 Å². The predicted molar refractivity (Wildman–Crippen MR) is 45.0 cm³/mol. The van der Waals surface area contributed by atoms with Crippen LogP contribution in [0.15, 0.2) is 0 Å². The predicted octanol–water partition coefficient (Wildman–Crippen LogP) is 0.945. The van der Waals surface area contributed by atoms with Crippen molar-refractivity contribution >= 4 is 5.97 Å². The van der Waals surface area contributed by atoms with E-state index >= 15 is 0 Å². The van der Waals surface area contributed by atoms with Gasteiger partial charge < -0.3 is 5.11 Å². The van der Waals surface area contributed by atoms with Gasteiger partial charge in [0, 0.05) is 12.6 Å². The monoisotopic (exact) mass is 169 g/mol. The van der Waals surface area contributed by atoms with Gasteiger partial charge in [-0.25, -0.2) is 0 Å². The van der Waals surface area contributed by atoms with E-state index in [0.717, 1.165) is 32.4 Å². The van der Waals surface area contributed by atoms with Gasteiger partial charge in [0.2, 0.25) is 0 Å². The van der Waals surface area contributed by atoms with Crippen LogP contribution in [0.25, 0.3) is 0 Å². The largest absolute Gasteiger partial charge is 0.481 e. The lowest BCUT2D eigenvalue weighted by Gasteiger charge is -2.26. The molecule has 2 bridgehead atoms. The summed E-state index contributed by atoms with van der Waals surface area (Å²) in [6.07, 6.45) is 2.83. The molecule has 0 aromatic rings. The second kappa shape index (κ2) is 2.46. The summed E-state index contributed by atoms with van der Waals surface area (Å²) >= 11 is 0. The Morgan fingerprint density at radius 2 is 2.50 bits per heavy atom. The first-order valence-electron chi connectivity index (χ1n) is 4.65. The lowest BCUT2D eigenvalue weighted by atomic mass is 9.82. The fourth-order valence-electron chi connectivity index (χ4n) is 2.63. The zero-order valence-electron chi connectivity index (χ0n) is 7.42. The molecule has 2 fully saturated rings. The molecule has 0 aliphatic carbocycles. The highest BCUT2D eigenvalue weighted by atomic mass is 16.4. The third-order valence-corrected chi connectivity index (χ3v) is 3.45. The van der Waals surface area contributed by atoms with Crippen molar-refractivity contribution in [3.05, 3.63) is 0 Å². The molecule has 2 saturated heterocycles. The Hall–Kier alpha value is -0.570. The number of hydrogen-bond acceptors (Lipinski definition) is 2. The maximum Gasteiger partial charge on any atom is 0.311 e. The highest BCUT2D eigenvalue weighted by molar-refractivity contribution is 5.76. The van der Waals surface area contributed by atoms with Crippen LogP contribution >= 0.6 is 0 Å². The number of rotatable bonds is 2. The van der Waals surface area contributed by atoms with Crippen molar-refractivity contribution in [3.8, 4) is 0 Å². The Morgan fingerprint density at radius 3 is 2.92 bits per heavy atom. The zero-order valence-corrected chi connectivity index (χ0v) is 7.42. The number of carboxylic acids is 1. The first-order valence-corrected chi connectivity index (χ1v) is 4.65. The lowest BCUT2D eigenvalue weighted by molar-refractivity contribution is -0.147. The Labute approximate surface area is 72.4 Å². The fourth-order valence-corrected chi connectivity index (χ4v) is 2.63. The molecule has 0 saturated carbocycles. The van der Waals surface area contributed by atoms with Gasteiger partial charge in [0.25, 0.3) is 0 Å². The SMILES string of the molecule is CCC1CC2(C(=O)O)CCN1C2. The maximum absolute atomic E-state index is 11.0. The maximum atomic E-state index is 11.0. The van der Waals surface area contributed by atoms with E-state index in [0.29, 0.717) is 6.04 Å². The second-order valence-electron chi connectivity index (χ2n) is 4.07. The van der Waals surface area contributed by atoms with Gasteiger partial charge in [0.05, 0.1) is 5.41 Å². The van der Waals surface area contributed by atoms with Crippen LogP contribution in [0.3, 0.4) is 0 Å². The highest BCUT2D eigenvalue weighted by Crippen LogP contribution is 2.45. The molecule has 2 rings (SSSR count). The number of piperidine rings is 1. The van der Waals surface area contributed by atoms with E-state index in [-0.39, 0.29) is 5.41 Å². The molecule has 68 valence electrons. The van der Waals surface area contributed by atoms with E-state index in [1.807, 2.05) is 0 Å². The minimum absolute atomic E-state index is 0.374. The fraction of sp³-hybridized carbons (Fsp3) is 0.889. The molecule has 1 N–H and O–H groups in total. The van der Waals surface area contributed by atoms with Crippen LogP contribution in [0.2, 0.25) is 0 Å². The van der Waals surface area contributed by atoms with Gasteiger partial charge >= 0.3 is 5.97 Å². The molecular weight excluding hydrogens is 154 g/mol. The number of aliphatic carboxylic acids is 1. The minimum Gasteiger partial charge on any atom is -0.481 e. The Morgan fingerprint density at radius 1 is 1.75 bits per heavy atom. The standard InChI is InChI=1S/C9H15NO2/c1-2-7-5-9(8(11)12)3-4-10(7)6-9/h7H,2-6H2,1H3,(H,11,12). The minimum atomic E-state index is -0.582. The van der Waals surface area contributed by atoms with Gasteiger partial charge in [-0.15, -0.1) is 0 Å². The van der Waals surface area contributed by atoms with E-state index in [9.17, 15) is 4.79 Å². The molecule has 2 heterocycles. The van der Waals surface area contributed by atoms with Crippen molar-refractivity contribution in [1.29, 1.82) is 0 Å². The molecule has 12 heavy (non-hydrogen) atoms. The summed E-state index contributed by atoms with van der Waals surface area (Å²) in [5.74, 6) is -0.582. The van der Waals surface area contributed by atoms with Crippen LogP contribution in [0, 0.1) is 5.41 Å². The van der Waals surface area contributed by atoms with E-state index in [1.165, 1.54) is 0 Å². The summed E-state index contributed by atoms with van der Waals surface area (Å²) < 4.78 is 0. The summed E-state index contributed by atoms with van der Waals surface area (Å²) in [6.45, 7) is 3.92. The lowest BCUT2D eigenvalue weighted by Crippen LogP contribution is -2.32. The van der Waals surface area contributed by atoms with Crippen molar-refractivity contribution < 1.29 is 9.90 Å². The van der Waals surface area contributed by atoms with E-state index < -0.39 is 5.97 Å². The van der Waals surface area contributed by atoms with Crippen LogP contribution in [0.5, 0.6) is 0 Å². The van der Waals surface area contributed by atoms with Crippen LogP contribution in [0.1, 0.15) is 26.2 Å². The molecule has 2 aliphatic heterocycles. The van der Waals surface area contributed by atoms with Crippen molar-refractivity contribution in [1.82, 2.24) is 4.90 Å². The van der Waals surface area contributed by atoms with Gasteiger partial charge in [-0.3, -0.25) is 9.69 Å². The molecule has 3 unspecified atom stereocenters. The molecule has 3 heteroatoms. The van der Waals surface area contributed by atoms with Gasteiger partial charge in [0.1, 0.15) is 0 Å². The second-order valence-corrected chi connectivity index (χ2v) is 4.07. The smallest absolute Gasteiger partial charge is 0.311 e. The van der Waals surface area contributed by atoms with Crippen LogP contribution in [-0.4, -0.2) is 35.1 Å². The Balaban J connectivity index is 2.17. The molecule has 2 aliphatic rings. The molecule has 3 nitrogen and oxygen atoms in total. The summed E-state index contributed by atoms with van der Waals surface area (Å²) in [7, 11) is 0. The third-order valence-electron chi connectivity index (χ3n) is 3.45. The van der Waals surface area contributed by atoms with Gasteiger partial charge in [0.15, 0.2) is 0 Å². The molecule has 0 radical (unpaired) electrons. The Bertz CT molecular complexity index is 217. The number of nitrogens with zero attached hydrogens (tertiary/aromatic N) is 1. The first-order chi connectivity index (χ1) is 5.68. The summed E-state index contributed by atoms with van der Waals surface area (Å²) in [5.41, 5.74) is -0.374. The topological polar surface area (TPSA) is 40.5 Å². The molecule has 3 atom stereocenters. The average molecular weight is 169 g/mol. The zero-order chi connectivity index (χ0) is 8.77. The van der Waals surface area contributed by atoms with Gasteiger partial charge in [-0.05, 0) is 25.8 Å². The molecule has 0 aromatic heterocycles. The number of carboxylic acid groups (broad SMARTS) is 1. The average Bonchev–Trinajstić information content (AvgIpc) is 2.61. The number of hydrogen-bond donors (Lipinski definition) is 1. The molecule has 0 aromatic carbocycles. The quantitative estimate of drug-likeness (QED) is 0.669. The van der Waals surface area contributed by atoms with E-state index in [1.54, 1.807) is 0 Å². The van der Waals surface area contributed by atoms with Crippen molar-refractivity contribution in [3.63, 3.8) is 0 Å².